The quantitative estimate of drug-likeness (QED) is 0.298. The van der Waals surface area contributed by atoms with Gasteiger partial charge < -0.3 is 15.4 Å². The van der Waals surface area contributed by atoms with E-state index in [1.807, 2.05) is 42.5 Å². The molecule has 0 aliphatic carbocycles. The van der Waals surface area contributed by atoms with Crippen molar-refractivity contribution in [1.29, 1.82) is 0 Å². The Morgan fingerprint density at radius 1 is 1.11 bits per heavy atom. The molecular formula is C29H36N4O4S. The fraction of sp³-hybridized carbons (Fsp3) is 0.379. The van der Waals surface area contributed by atoms with Gasteiger partial charge in [-0.25, -0.2) is 13.1 Å². The number of fused-ring (bicyclic) bond motifs is 1. The molecule has 0 fully saturated rings. The zero-order chi connectivity index (χ0) is 27.0. The van der Waals surface area contributed by atoms with Crippen molar-refractivity contribution < 1.29 is 17.9 Å². The molecule has 1 amide bonds. The molecule has 202 valence electrons. The van der Waals surface area contributed by atoms with Gasteiger partial charge in [-0.1, -0.05) is 56.3 Å². The first-order valence-electron chi connectivity index (χ1n) is 13.0. The Morgan fingerprint density at radius 3 is 2.66 bits per heavy atom. The topological polar surface area (TPSA) is 109 Å². The van der Waals surface area contributed by atoms with Crippen LogP contribution in [0.2, 0.25) is 0 Å². The van der Waals surface area contributed by atoms with Crippen molar-refractivity contribution >= 4 is 15.9 Å². The molecule has 0 bridgehead atoms. The lowest BCUT2D eigenvalue weighted by molar-refractivity contribution is -0.122. The summed E-state index contributed by atoms with van der Waals surface area (Å²) in [6.07, 6.45) is 4.52. The summed E-state index contributed by atoms with van der Waals surface area (Å²) in [5.41, 5.74) is 2.77. The van der Waals surface area contributed by atoms with E-state index in [-0.39, 0.29) is 23.3 Å². The summed E-state index contributed by atoms with van der Waals surface area (Å²) in [4.78, 5) is 17.2. The van der Waals surface area contributed by atoms with E-state index in [0.717, 1.165) is 36.4 Å². The molecule has 2 unspecified atom stereocenters. The number of nitrogens with zero attached hydrogens (tertiary/aromatic N) is 1. The summed E-state index contributed by atoms with van der Waals surface area (Å²) in [5, 5.41) is 6.57. The number of pyridine rings is 1. The highest BCUT2D eigenvalue weighted by atomic mass is 32.2. The Kier molecular flexibility index (Phi) is 9.49. The second-order valence-corrected chi connectivity index (χ2v) is 11.7. The standard InChI is InChI=1S/C29H36N4O4S/c1-21(2)12-15-31-19-22-10-11-25-26(13-16-37-28(25)17-22)32-29(34)18-27(23-7-4-3-5-8-23)33-38(35,36)24-9-6-14-30-20-24/h3-11,14,17,20-21,26-27,31,33H,12-13,15-16,18-19H2,1-2H3,(H,32,34). The van der Waals surface area contributed by atoms with Crippen molar-refractivity contribution in [3.05, 3.63) is 89.7 Å². The third-order valence-corrected chi connectivity index (χ3v) is 7.97. The Hall–Kier alpha value is -3.27. The molecule has 1 aliphatic rings. The Balaban J connectivity index is 1.44. The van der Waals surface area contributed by atoms with Crippen molar-refractivity contribution in [1.82, 2.24) is 20.3 Å². The monoisotopic (exact) mass is 536 g/mol. The van der Waals surface area contributed by atoms with Gasteiger partial charge >= 0.3 is 0 Å². The molecule has 8 nitrogen and oxygen atoms in total. The molecule has 9 heteroatoms. The fourth-order valence-electron chi connectivity index (χ4n) is 4.43. The van der Waals surface area contributed by atoms with Gasteiger partial charge in [0.15, 0.2) is 0 Å². The number of sulfonamides is 1. The first kappa shape index (κ1) is 27.8. The number of aromatic nitrogens is 1. The van der Waals surface area contributed by atoms with Crippen molar-refractivity contribution in [3.63, 3.8) is 0 Å². The van der Waals surface area contributed by atoms with Crippen LogP contribution in [0.15, 0.2) is 78.0 Å². The fourth-order valence-corrected chi connectivity index (χ4v) is 5.62. The molecule has 2 aromatic carbocycles. The predicted octanol–water partition coefficient (Wildman–Crippen LogP) is 4.27. The van der Waals surface area contributed by atoms with E-state index >= 15 is 0 Å². The molecule has 2 heterocycles. The van der Waals surface area contributed by atoms with E-state index in [4.69, 9.17) is 4.74 Å². The van der Waals surface area contributed by atoms with E-state index in [9.17, 15) is 13.2 Å². The lowest BCUT2D eigenvalue weighted by Crippen LogP contribution is -2.36. The molecule has 4 rings (SSSR count). The lowest BCUT2D eigenvalue weighted by atomic mass is 9.98. The number of amides is 1. The lowest BCUT2D eigenvalue weighted by Gasteiger charge is -2.28. The number of hydrogen-bond donors (Lipinski definition) is 3. The van der Waals surface area contributed by atoms with Gasteiger partial charge in [-0.2, -0.15) is 0 Å². The molecule has 1 aromatic heterocycles. The molecule has 0 saturated heterocycles. The first-order chi connectivity index (χ1) is 18.3. The molecule has 1 aliphatic heterocycles. The van der Waals surface area contributed by atoms with Crippen LogP contribution in [-0.4, -0.2) is 32.5 Å². The number of carbonyl (C=O) groups excluding carboxylic acids is 1. The highest BCUT2D eigenvalue weighted by Gasteiger charge is 2.27. The smallest absolute Gasteiger partial charge is 0.242 e. The molecule has 0 spiro atoms. The van der Waals surface area contributed by atoms with Crippen LogP contribution in [0.1, 0.15) is 61.9 Å². The van der Waals surface area contributed by atoms with Crippen molar-refractivity contribution in [3.8, 4) is 5.75 Å². The largest absolute Gasteiger partial charge is 0.493 e. The Bertz CT molecular complexity index is 1300. The minimum atomic E-state index is -3.87. The summed E-state index contributed by atoms with van der Waals surface area (Å²) < 4.78 is 34.6. The third-order valence-electron chi connectivity index (χ3n) is 6.51. The van der Waals surface area contributed by atoms with Crippen LogP contribution in [-0.2, 0) is 21.4 Å². The molecular weight excluding hydrogens is 500 g/mol. The molecule has 2 atom stereocenters. The average molecular weight is 537 g/mol. The first-order valence-corrected chi connectivity index (χ1v) is 14.5. The van der Waals surface area contributed by atoms with E-state index in [1.165, 1.54) is 18.5 Å². The van der Waals surface area contributed by atoms with Gasteiger partial charge in [0.25, 0.3) is 0 Å². The van der Waals surface area contributed by atoms with Crippen LogP contribution in [0, 0.1) is 5.92 Å². The summed E-state index contributed by atoms with van der Waals surface area (Å²) in [5.74, 6) is 1.19. The van der Waals surface area contributed by atoms with Crippen LogP contribution in [0.3, 0.4) is 0 Å². The molecule has 0 saturated carbocycles. The summed E-state index contributed by atoms with van der Waals surface area (Å²) in [6, 6.07) is 17.3. The van der Waals surface area contributed by atoms with Crippen LogP contribution in [0.25, 0.3) is 0 Å². The maximum atomic E-state index is 13.2. The van der Waals surface area contributed by atoms with Crippen LogP contribution >= 0.6 is 0 Å². The zero-order valence-electron chi connectivity index (χ0n) is 21.9. The molecule has 0 radical (unpaired) electrons. The number of carbonyl (C=O) groups is 1. The second-order valence-electron chi connectivity index (χ2n) is 9.97. The number of benzene rings is 2. The summed E-state index contributed by atoms with van der Waals surface area (Å²) in [6.45, 7) is 6.64. The van der Waals surface area contributed by atoms with Gasteiger partial charge in [0, 0.05) is 37.3 Å². The highest BCUT2D eigenvalue weighted by molar-refractivity contribution is 7.89. The summed E-state index contributed by atoms with van der Waals surface area (Å²) in [7, 11) is -3.87. The van der Waals surface area contributed by atoms with E-state index in [0.29, 0.717) is 24.5 Å². The molecule has 3 aromatic rings. The van der Waals surface area contributed by atoms with Crippen LogP contribution in [0.5, 0.6) is 5.75 Å². The zero-order valence-corrected chi connectivity index (χ0v) is 22.7. The van der Waals surface area contributed by atoms with Gasteiger partial charge in [0.05, 0.1) is 18.7 Å². The van der Waals surface area contributed by atoms with Crippen molar-refractivity contribution in [2.45, 2.75) is 56.6 Å². The van der Waals surface area contributed by atoms with Gasteiger partial charge in [0.1, 0.15) is 10.6 Å². The normalized spacial score (nSPS) is 15.9. The Morgan fingerprint density at radius 2 is 1.92 bits per heavy atom. The van der Waals surface area contributed by atoms with Gasteiger partial charge in [-0.05, 0) is 48.2 Å². The third kappa shape index (κ3) is 7.63. The number of rotatable bonds is 12. The Labute approximate surface area is 225 Å². The van der Waals surface area contributed by atoms with Crippen LogP contribution < -0.4 is 20.1 Å². The van der Waals surface area contributed by atoms with Crippen molar-refractivity contribution in [2.75, 3.05) is 13.2 Å². The van der Waals surface area contributed by atoms with E-state index in [2.05, 4.69) is 40.3 Å². The molecule has 3 N–H and O–H groups in total. The van der Waals surface area contributed by atoms with E-state index in [1.54, 1.807) is 6.07 Å². The van der Waals surface area contributed by atoms with Gasteiger partial charge in [0.2, 0.25) is 15.9 Å². The molecule has 38 heavy (non-hydrogen) atoms. The number of nitrogens with one attached hydrogen (secondary N) is 3. The minimum absolute atomic E-state index is 0.0476. The highest BCUT2D eigenvalue weighted by Crippen LogP contribution is 2.33. The maximum absolute atomic E-state index is 13.2. The maximum Gasteiger partial charge on any atom is 0.242 e. The average Bonchev–Trinajstić information content (AvgIpc) is 2.91. The number of hydrogen-bond acceptors (Lipinski definition) is 6. The van der Waals surface area contributed by atoms with Crippen molar-refractivity contribution in [2.24, 2.45) is 5.92 Å². The predicted molar refractivity (Wildman–Crippen MR) is 147 cm³/mol. The second kappa shape index (κ2) is 13.0. The van der Waals surface area contributed by atoms with E-state index < -0.39 is 16.1 Å². The number of ether oxygens (including phenoxy) is 1. The van der Waals surface area contributed by atoms with Gasteiger partial charge in [-0.15, -0.1) is 0 Å². The summed E-state index contributed by atoms with van der Waals surface area (Å²) >= 11 is 0. The van der Waals surface area contributed by atoms with Gasteiger partial charge in [-0.3, -0.25) is 9.78 Å². The van der Waals surface area contributed by atoms with Crippen LogP contribution in [0.4, 0.5) is 0 Å². The SMILES string of the molecule is CC(C)CCNCc1ccc2c(c1)OCCC2NC(=O)CC(NS(=O)(=O)c1cccnc1)c1ccccc1. The minimum Gasteiger partial charge on any atom is -0.493 e.